The van der Waals surface area contributed by atoms with Gasteiger partial charge in [-0.05, 0) is 56.3 Å². The minimum atomic E-state index is -0.653. The molecule has 0 aliphatic carbocycles. The molecule has 1 atom stereocenters. The Labute approximate surface area is 254 Å². The number of likely N-dealkylation sites (tertiary alicyclic amines) is 2. The Hall–Kier alpha value is -4.40. The summed E-state index contributed by atoms with van der Waals surface area (Å²) in [4.78, 5) is 29.5. The molecule has 228 valence electrons. The normalized spacial score (nSPS) is 17.5. The fraction of sp³-hybridized carbons (Fsp3) is 0.333. The van der Waals surface area contributed by atoms with Gasteiger partial charge in [-0.1, -0.05) is 11.3 Å². The van der Waals surface area contributed by atoms with Crippen molar-refractivity contribution in [1.82, 2.24) is 24.8 Å². The highest BCUT2D eigenvalue weighted by molar-refractivity contribution is 7.22. The van der Waals surface area contributed by atoms with E-state index in [-0.39, 0.29) is 57.0 Å². The van der Waals surface area contributed by atoms with Gasteiger partial charge in [0.05, 0.1) is 35.3 Å². The number of carbonyl (C=O) groups is 1. The van der Waals surface area contributed by atoms with E-state index in [4.69, 9.17) is 20.6 Å². The van der Waals surface area contributed by atoms with Crippen molar-refractivity contribution in [3.63, 3.8) is 0 Å². The molecule has 1 amide bonds. The van der Waals surface area contributed by atoms with Crippen LogP contribution in [0.3, 0.4) is 0 Å². The van der Waals surface area contributed by atoms with Crippen molar-refractivity contribution in [3.8, 4) is 28.3 Å². The fourth-order valence-electron chi connectivity index (χ4n) is 5.94. The molecule has 3 aromatic heterocycles. The number of aromatic nitrogens is 3. The Kier molecular flexibility index (Phi) is 7.26. The van der Waals surface area contributed by atoms with Crippen LogP contribution in [0.1, 0.15) is 12.8 Å². The van der Waals surface area contributed by atoms with Crippen LogP contribution in [-0.4, -0.2) is 82.6 Å². The summed E-state index contributed by atoms with van der Waals surface area (Å²) in [7, 11) is 2.04. The van der Waals surface area contributed by atoms with Crippen molar-refractivity contribution in [2.45, 2.75) is 24.9 Å². The van der Waals surface area contributed by atoms with Gasteiger partial charge in [0.15, 0.2) is 10.9 Å². The minimum Gasteiger partial charge on any atom is -0.472 e. The Morgan fingerprint density at radius 1 is 1.18 bits per heavy atom. The first-order chi connectivity index (χ1) is 21.3. The highest BCUT2D eigenvalue weighted by Gasteiger charge is 2.32. The number of carbonyl (C=O) groups excluding carboxylic acids is 1. The number of likely N-dealkylation sites (N-methyl/N-ethyl adjacent to an activating group) is 1. The van der Waals surface area contributed by atoms with Gasteiger partial charge >= 0.3 is 6.01 Å². The number of rotatable bonds is 8. The molecular weight excluding hydrogens is 590 g/mol. The summed E-state index contributed by atoms with van der Waals surface area (Å²) < 4.78 is 43.4. The standard InChI is InChI=1S/C30H30F2N8O3S/c1-39-7-2-3-17(39)14-43-30-37-25-20(28(38-30)35-16-11-40(12-16)22(41)10-33)9-19(15-6-8-42-13-15)23(24(25)32)18-4-5-21(31)27-26(18)36-29(34)44-27/h4-6,8-9,13,16-17H,2-3,7,10-12,14,33H2,1H3,(H2,34,36)(H,35,37,38). The predicted molar refractivity (Wildman–Crippen MR) is 164 cm³/mol. The maximum Gasteiger partial charge on any atom is 0.319 e. The highest BCUT2D eigenvalue weighted by atomic mass is 32.1. The van der Waals surface area contributed by atoms with Crippen LogP contribution in [0.2, 0.25) is 0 Å². The third kappa shape index (κ3) is 4.98. The van der Waals surface area contributed by atoms with E-state index in [1.54, 1.807) is 17.0 Å². The lowest BCUT2D eigenvalue weighted by Crippen LogP contribution is -2.58. The molecule has 2 fully saturated rings. The highest BCUT2D eigenvalue weighted by Crippen LogP contribution is 2.44. The zero-order valence-electron chi connectivity index (χ0n) is 23.8. The van der Waals surface area contributed by atoms with E-state index in [1.165, 1.54) is 24.7 Å². The number of nitrogen functional groups attached to an aromatic ring is 1. The van der Waals surface area contributed by atoms with Gasteiger partial charge in [0, 0.05) is 41.2 Å². The van der Waals surface area contributed by atoms with E-state index >= 15 is 4.39 Å². The average Bonchev–Trinajstić information content (AvgIpc) is 3.76. The molecule has 0 spiro atoms. The summed E-state index contributed by atoms with van der Waals surface area (Å²) in [6, 6.07) is 6.36. The monoisotopic (exact) mass is 620 g/mol. The van der Waals surface area contributed by atoms with Crippen LogP contribution in [0.25, 0.3) is 43.4 Å². The summed E-state index contributed by atoms with van der Waals surface area (Å²) >= 11 is 0.999. The molecule has 0 saturated carbocycles. The van der Waals surface area contributed by atoms with E-state index in [0.717, 1.165) is 30.7 Å². The molecule has 2 aliphatic heterocycles. The summed E-state index contributed by atoms with van der Waals surface area (Å²) in [6.07, 6.45) is 5.04. The quantitative estimate of drug-likeness (QED) is 0.232. The zero-order chi connectivity index (χ0) is 30.5. The first-order valence-electron chi connectivity index (χ1n) is 14.3. The zero-order valence-corrected chi connectivity index (χ0v) is 24.7. The number of benzene rings is 2. The summed E-state index contributed by atoms with van der Waals surface area (Å²) in [5, 5.41) is 3.94. The number of hydrogen-bond donors (Lipinski definition) is 3. The number of halogens is 2. The van der Waals surface area contributed by atoms with Crippen LogP contribution in [0, 0.1) is 11.6 Å². The number of furan rings is 1. The van der Waals surface area contributed by atoms with Crippen LogP contribution in [0.5, 0.6) is 6.01 Å². The molecular formula is C30H30F2N8O3S. The van der Waals surface area contributed by atoms with Crippen molar-refractivity contribution < 1.29 is 22.7 Å². The van der Waals surface area contributed by atoms with E-state index in [9.17, 15) is 9.18 Å². The number of nitrogens with zero attached hydrogens (tertiary/aromatic N) is 5. The molecule has 44 heavy (non-hydrogen) atoms. The molecule has 14 heteroatoms. The molecule has 11 nitrogen and oxygen atoms in total. The van der Waals surface area contributed by atoms with Crippen LogP contribution in [0.4, 0.5) is 19.7 Å². The molecule has 5 heterocycles. The van der Waals surface area contributed by atoms with Gasteiger partial charge in [-0.25, -0.2) is 13.8 Å². The van der Waals surface area contributed by atoms with Crippen LogP contribution in [-0.2, 0) is 4.79 Å². The van der Waals surface area contributed by atoms with E-state index in [2.05, 4.69) is 25.2 Å². The Morgan fingerprint density at radius 3 is 2.75 bits per heavy atom. The summed E-state index contributed by atoms with van der Waals surface area (Å²) in [5.41, 5.74) is 13.4. The second-order valence-corrected chi connectivity index (χ2v) is 12.2. The van der Waals surface area contributed by atoms with Crippen molar-refractivity contribution in [2.75, 3.05) is 50.9 Å². The van der Waals surface area contributed by atoms with Gasteiger partial charge in [-0.3, -0.25) is 4.79 Å². The number of ether oxygens (including phenoxy) is 1. The number of nitrogens with two attached hydrogens (primary N) is 2. The Morgan fingerprint density at radius 2 is 2.02 bits per heavy atom. The van der Waals surface area contributed by atoms with Gasteiger partial charge < -0.3 is 35.7 Å². The summed E-state index contributed by atoms with van der Waals surface area (Å²) in [6.45, 7) is 2.11. The lowest BCUT2D eigenvalue weighted by atomic mass is 9.92. The Balaban J connectivity index is 1.39. The van der Waals surface area contributed by atoms with E-state index < -0.39 is 11.6 Å². The molecule has 5 aromatic rings. The molecule has 2 aromatic carbocycles. The smallest absolute Gasteiger partial charge is 0.319 e. The predicted octanol–water partition coefficient (Wildman–Crippen LogP) is 4.08. The molecule has 2 saturated heterocycles. The number of hydrogen-bond acceptors (Lipinski definition) is 11. The molecule has 0 radical (unpaired) electrons. The number of nitrogens with one attached hydrogen (secondary N) is 1. The van der Waals surface area contributed by atoms with E-state index in [1.807, 2.05) is 7.05 Å². The topological polar surface area (TPSA) is 149 Å². The van der Waals surface area contributed by atoms with Gasteiger partial charge in [-0.15, -0.1) is 0 Å². The van der Waals surface area contributed by atoms with Crippen molar-refractivity contribution in [3.05, 3.63) is 48.4 Å². The third-order valence-corrected chi connectivity index (χ3v) is 9.24. The third-order valence-electron chi connectivity index (χ3n) is 8.35. The largest absolute Gasteiger partial charge is 0.472 e. The first-order valence-corrected chi connectivity index (χ1v) is 15.1. The van der Waals surface area contributed by atoms with Crippen molar-refractivity contribution in [1.29, 1.82) is 0 Å². The van der Waals surface area contributed by atoms with Crippen molar-refractivity contribution in [2.24, 2.45) is 5.73 Å². The molecule has 1 unspecified atom stereocenters. The lowest BCUT2D eigenvalue weighted by Gasteiger charge is -2.39. The van der Waals surface area contributed by atoms with Gasteiger partial charge in [0.1, 0.15) is 23.8 Å². The van der Waals surface area contributed by atoms with Crippen molar-refractivity contribution >= 4 is 49.3 Å². The maximum atomic E-state index is 17.0. The van der Waals surface area contributed by atoms with Gasteiger partial charge in [-0.2, -0.15) is 9.97 Å². The molecule has 0 bridgehead atoms. The Bertz CT molecular complexity index is 1880. The first kappa shape index (κ1) is 28.4. The van der Waals surface area contributed by atoms with Crippen LogP contribution in [0.15, 0.2) is 41.2 Å². The average molecular weight is 621 g/mol. The number of thiazole rings is 1. The molecule has 2 aliphatic rings. The lowest BCUT2D eigenvalue weighted by molar-refractivity contribution is -0.133. The number of anilines is 2. The van der Waals surface area contributed by atoms with Gasteiger partial charge in [0.2, 0.25) is 5.91 Å². The fourth-order valence-corrected chi connectivity index (χ4v) is 6.70. The summed E-state index contributed by atoms with van der Waals surface area (Å²) in [5.74, 6) is -0.924. The van der Waals surface area contributed by atoms with E-state index in [0.29, 0.717) is 47.6 Å². The molecule has 5 N–H and O–H groups in total. The number of fused-ring (bicyclic) bond motifs is 2. The second-order valence-electron chi connectivity index (χ2n) is 11.1. The van der Waals surface area contributed by atoms with Crippen LogP contribution >= 0.6 is 11.3 Å². The maximum absolute atomic E-state index is 17.0. The SMILES string of the molecule is CN1CCCC1COc1nc(NC2CN(C(=O)CN)C2)c2cc(-c3ccoc3)c(-c3ccc(F)c4sc(N)nc34)c(F)c2n1. The molecule has 7 rings (SSSR count). The number of amides is 1. The van der Waals surface area contributed by atoms with Gasteiger partial charge in [0.25, 0.3) is 0 Å². The second kappa shape index (κ2) is 11.3. The minimum absolute atomic E-state index is 0.0226. The van der Waals surface area contributed by atoms with Crippen LogP contribution < -0.4 is 21.5 Å².